The van der Waals surface area contributed by atoms with Gasteiger partial charge in [-0.25, -0.2) is 4.98 Å². The zero-order valence-corrected chi connectivity index (χ0v) is 18.4. The van der Waals surface area contributed by atoms with E-state index in [0.29, 0.717) is 5.01 Å². The van der Waals surface area contributed by atoms with Crippen molar-refractivity contribution >= 4 is 23.3 Å². The van der Waals surface area contributed by atoms with Gasteiger partial charge in [-0.2, -0.15) is 0 Å². The lowest BCUT2D eigenvalue weighted by atomic mass is 10.0. The first-order chi connectivity index (χ1) is 14.6. The number of rotatable bonds is 5. The molecule has 0 atom stereocenters. The number of hydrogen-bond acceptors (Lipinski definition) is 4. The van der Waals surface area contributed by atoms with E-state index in [2.05, 4.69) is 53.4 Å². The molecule has 0 unspecified atom stereocenters. The van der Waals surface area contributed by atoms with Crippen molar-refractivity contribution in [2.24, 2.45) is 0 Å². The Morgan fingerprint density at radius 1 is 1.03 bits per heavy atom. The van der Waals surface area contributed by atoms with Crippen LogP contribution in [0.2, 0.25) is 0 Å². The van der Waals surface area contributed by atoms with Gasteiger partial charge in [-0.1, -0.05) is 72.3 Å². The molecule has 0 saturated carbocycles. The van der Waals surface area contributed by atoms with E-state index < -0.39 is 0 Å². The molecule has 2 aromatic carbocycles. The maximum Gasteiger partial charge on any atom is 0.282 e. The van der Waals surface area contributed by atoms with Crippen LogP contribution in [0.15, 0.2) is 66.2 Å². The third-order valence-corrected chi connectivity index (χ3v) is 6.40. The molecule has 0 bridgehead atoms. The van der Waals surface area contributed by atoms with Crippen LogP contribution in [0.4, 0.5) is 0 Å². The van der Waals surface area contributed by atoms with Gasteiger partial charge in [-0.3, -0.25) is 9.69 Å². The highest BCUT2D eigenvalue weighted by molar-refractivity contribution is 7.14. The molecular weight excluding hydrogens is 390 g/mol. The van der Waals surface area contributed by atoms with E-state index in [-0.39, 0.29) is 5.91 Å². The average Bonchev–Trinajstić information content (AvgIpc) is 3.19. The van der Waals surface area contributed by atoms with Gasteiger partial charge < -0.3 is 4.90 Å². The summed E-state index contributed by atoms with van der Waals surface area (Å²) in [6.45, 7) is 2.89. The minimum absolute atomic E-state index is 0.0323. The first-order valence-electron chi connectivity index (χ1n) is 10.3. The van der Waals surface area contributed by atoms with Crippen molar-refractivity contribution in [3.63, 3.8) is 0 Å². The number of likely N-dealkylation sites (tertiary alicyclic amines) is 1. The van der Waals surface area contributed by atoms with Crippen molar-refractivity contribution in [3.8, 4) is 11.3 Å². The number of nitrogens with zero attached hydrogens (tertiary/aromatic N) is 3. The van der Waals surface area contributed by atoms with E-state index in [1.807, 2.05) is 18.2 Å². The van der Waals surface area contributed by atoms with Gasteiger partial charge in [0, 0.05) is 44.2 Å². The second-order valence-corrected chi connectivity index (χ2v) is 8.93. The number of hydrogen-bond donors (Lipinski definition) is 0. The summed E-state index contributed by atoms with van der Waals surface area (Å²) in [5.41, 5.74) is 4.80. The fraction of sp³-hybridized carbons (Fsp3) is 0.280. The second kappa shape index (κ2) is 9.37. The van der Waals surface area contributed by atoms with Gasteiger partial charge in [0.15, 0.2) is 5.01 Å². The van der Waals surface area contributed by atoms with Gasteiger partial charge in [0.2, 0.25) is 0 Å². The van der Waals surface area contributed by atoms with E-state index in [9.17, 15) is 4.79 Å². The highest BCUT2D eigenvalue weighted by atomic mass is 32.1. The van der Waals surface area contributed by atoms with Crippen molar-refractivity contribution in [2.45, 2.75) is 19.4 Å². The summed E-state index contributed by atoms with van der Waals surface area (Å²) in [4.78, 5) is 22.5. The summed E-state index contributed by atoms with van der Waals surface area (Å²) in [7, 11) is 3.55. The third kappa shape index (κ3) is 4.86. The molecule has 154 valence electrons. The minimum atomic E-state index is -0.0323. The Kier molecular flexibility index (Phi) is 6.41. The zero-order valence-electron chi connectivity index (χ0n) is 17.5. The molecule has 1 aromatic heterocycles. The van der Waals surface area contributed by atoms with Crippen LogP contribution < -0.4 is 0 Å². The monoisotopic (exact) mass is 417 g/mol. The SMILES string of the molecule is CN(C)C(=O)c1nc(-c2ccccc2)c(CN2CCC(=Cc3ccccc3)CC2)s1. The van der Waals surface area contributed by atoms with Crippen LogP contribution in [-0.2, 0) is 6.54 Å². The molecule has 2 heterocycles. The number of carbonyl (C=O) groups is 1. The van der Waals surface area contributed by atoms with Crippen molar-refractivity contribution in [3.05, 3.63) is 81.7 Å². The quantitative estimate of drug-likeness (QED) is 0.573. The van der Waals surface area contributed by atoms with E-state index >= 15 is 0 Å². The zero-order chi connectivity index (χ0) is 20.9. The van der Waals surface area contributed by atoms with E-state index in [4.69, 9.17) is 4.98 Å². The highest BCUT2D eigenvalue weighted by Crippen LogP contribution is 2.31. The molecule has 0 aliphatic carbocycles. The number of thiazole rings is 1. The molecule has 1 aliphatic heterocycles. The lowest BCUT2D eigenvalue weighted by molar-refractivity contribution is 0.0827. The second-order valence-electron chi connectivity index (χ2n) is 7.85. The molecule has 1 amide bonds. The lowest BCUT2D eigenvalue weighted by Gasteiger charge is -2.28. The van der Waals surface area contributed by atoms with Gasteiger partial charge in [0.1, 0.15) is 0 Å². The molecule has 1 fully saturated rings. The molecule has 30 heavy (non-hydrogen) atoms. The average molecular weight is 418 g/mol. The van der Waals surface area contributed by atoms with Crippen LogP contribution >= 0.6 is 11.3 Å². The summed E-state index contributed by atoms with van der Waals surface area (Å²) in [6.07, 6.45) is 4.49. The fourth-order valence-electron chi connectivity index (χ4n) is 3.69. The first kappa shape index (κ1) is 20.5. The van der Waals surface area contributed by atoms with E-state index in [0.717, 1.165) is 43.7 Å². The summed E-state index contributed by atoms with van der Waals surface area (Å²) in [5, 5.41) is 0.565. The molecule has 0 N–H and O–H groups in total. The van der Waals surface area contributed by atoms with Crippen molar-refractivity contribution in [2.75, 3.05) is 27.2 Å². The number of amides is 1. The molecular formula is C25H27N3OS. The molecule has 1 saturated heterocycles. The van der Waals surface area contributed by atoms with Crippen LogP contribution in [0.3, 0.4) is 0 Å². The number of piperidine rings is 1. The first-order valence-corrected chi connectivity index (χ1v) is 11.2. The Hall–Kier alpha value is -2.76. The van der Waals surface area contributed by atoms with Gasteiger partial charge in [0.05, 0.1) is 5.69 Å². The molecule has 4 nitrogen and oxygen atoms in total. The summed E-state index contributed by atoms with van der Waals surface area (Å²) in [5.74, 6) is -0.0323. The van der Waals surface area contributed by atoms with Gasteiger partial charge in [0.25, 0.3) is 5.91 Å². The van der Waals surface area contributed by atoms with Crippen LogP contribution in [-0.4, -0.2) is 47.9 Å². The normalized spacial score (nSPS) is 14.5. The largest absolute Gasteiger partial charge is 0.343 e. The Bertz CT molecular complexity index is 1020. The fourth-order valence-corrected chi connectivity index (χ4v) is 4.84. The Morgan fingerprint density at radius 2 is 1.67 bits per heavy atom. The lowest BCUT2D eigenvalue weighted by Crippen LogP contribution is -2.30. The molecule has 1 aliphatic rings. The van der Waals surface area contributed by atoms with Crippen LogP contribution in [0.1, 0.15) is 33.1 Å². The Labute approximate surface area is 182 Å². The predicted octanol–water partition coefficient (Wildman–Crippen LogP) is 5.19. The Morgan fingerprint density at radius 3 is 2.30 bits per heavy atom. The molecule has 0 spiro atoms. The number of aromatic nitrogens is 1. The standard InChI is InChI=1S/C25H27N3OS/c1-27(2)25(29)24-26-23(21-11-7-4-8-12-21)22(30-24)18-28-15-13-20(14-16-28)17-19-9-5-3-6-10-19/h3-12,17H,13-16,18H2,1-2H3. The van der Waals surface area contributed by atoms with Crippen molar-refractivity contribution in [1.82, 2.24) is 14.8 Å². The third-order valence-electron chi connectivity index (χ3n) is 5.37. The van der Waals surface area contributed by atoms with E-state index in [1.54, 1.807) is 19.0 Å². The summed E-state index contributed by atoms with van der Waals surface area (Å²) < 4.78 is 0. The minimum Gasteiger partial charge on any atom is -0.343 e. The highest BCUT2D eigenvalue weighted by Gasteiger charge is 2.22. The van der Waals surface area contributed by atoms with Crippen LogP contribution in [0.25, 0.3) is 17.3 Å². The predicted molar refractivity (Wildman–Crippen MR) is 124 cm³/mol. The molecule has 0 radical (unpaired) electrons. The topological polar surface area (TPSA) is 36.4 Å². The van der Waals surface area contributed by atoms with Crippen LogP contribution in [0.5, 0.6) is 0 Å². The number of benzene rings is 2. The summed E-state index contributed by atoms with van der Waals surface area (Å²) in [6, 6.07) is 20.7. The van der Waals surface area contributed by atoms with E-state index in [1.165, 1.54) is 27.4 Å². The van der Waals surface area contributed by atoms with Gasteiger partial charge >= 0.3 is 0 Å². The van der Waals surface area contributed by atoms with Gasteiger partial charge in [-0.05, 0) is 18.4 Å². The molecule has 3 aromatic rings. The number of carbonyl (C=O) groups excluding carboxylic acids is 1. The maximum atomic E-state index is 12.5. The van der Waals surface area contributed by atoms with Crippen LogP contribution in [0, 0.1) is 0 Å². The Balaban J connectivity index is 1.50. The molecule has 4 rings (SSSR count). The summed E-state index contributed by atoms with van der Waals surface area (Å²) >= 11 is 1.53. The maximum absolute atomic E-state index is 12.5. The van der Waals surface area contributed by atoms with Crippen molar-refractivity contribution in [1.29, 1.82) is 0 Å². The molecule has 5 heteroatoms. The smallest absolute Gasteiger partial charge is 0.282 e. The van der Waals surface area contributed by atoms with Gasteiger partial charge in [-0.15, -0.1) is 11.3 Å². The van der Waals surface area contributed by atoms with Crippen molar-refractivity contribution < 1.29 is 4.79 Å².